The Labute approximate surface area is 187 Å². The quantitative estimate of drug-likeness (QED) is 0.472. The Hall–Kier alpha value is -1.62. The lowest BCUT2D eigenvalue weighted by Gasteiger charge is -2.42. The van der Waals surface area contributed by atoms with Crippen molar-refractivity contribution < 1.29 is 9.53 Å². The minimum absolute atomic E-state index is 0.106. The molecule has 4 heterocycles. The Morgan fingerprint density at radius 2 is 1.74 bits per heavy atom. The number of carbonyl (C=O) groups excluding carboxylic acids is 1. The number of likely N-dealkylation sites (tertiary alicyclic amines) is 1. The Kier molecular flexibility index (Phi) is 8.23. The summed E-state index contributed by atoms with van der Waals surface area (Å²) in [6, 6.07) is 5.58. The Morgan fingerprint density at radius 3 is 2.52 bits per heavy atom. The number of ether oxygens (including phenoxy) is 1. The monoisotopic (exact) mass is 428 g/mol. The van der Waals surface area contributed by atoms with E-state index < -0.39 is 0 Å². The van der Waals surface area contributed by atoms with E-state index in [4.69, 9.17) is 4.74 Å². The van der Waals surface area contributed by atoms with Gasteiger partial charge in [-0.25, -0.2) is 0 Å². The Bertz CT molecular complexity index is 768. The molecule has 2 bridgehead atoms. The molecular formula is C26H40N2O3. The first-order valence-electron chi connectivity index (χ1n) is 12.8. The number of fused-ring (bicyclic) bond motifs is 4. The predicted octanol–water partition coefficient (Wildman–Crippen LogP) is 4.87. The van der Waals surface area contributed by atoms with Crippen LogP contribution in [0.15, 0.2) is 23.0 Å². The minimum atomic E-state index is 0.106. The first-order chi connectivity index (χ1) is 15.2. The number of amides is 1. The molecule has 0 aromatic carbocycles. The summed E-state index contributed by atoms with van der Waals surface area (Å²) in [4.78, 5) is 27.0. The molecule has 5 heteroatoms. The molecule has 0 N–H and O–H groups in total. The van der Waals surface area contributed by atoms with Gasteiger partial charge < -0.3 is 14.2 Å². The van der Waals surface area contributed by atoms with Crippen molar-refractivity contribution >= 4 is 5.91 Å². The second kappa shape index (κ2) is 11.3. The van der Waals surface area contributed by atoms with Crippen LogP contribution in [0.25, 0.3) is 0 Å². The maximum Gasteiger partial charge on any atom is 0.250 e. The number of aromatic nitrogens is 1. The van der Waals surface area contributed by atoms with Gasteiger partial charge in [0.2, 0.25) is 5.91 Å². The van der Waals surface area contributed by atoms with E-state index in [1.165, 1.54) is 64.2 Å². The molecule has 5 nitrogen and oxygen atoms in total. The molecular weight excluding hydrogens is 388 g/mol. The molecule has 0 aliphatic carbocycles. The van der Waals surface area contributed by atoms with Crippen LogP contribution in [-0.4, -0.2) is 41.2 Å². The van der Waals surface area contributed by atoms with Gasteiger partial charge in [0, 0.05) is 50.3 Å². The number of hydrogen-bond donors (Lipinski definition) is 0. The van der Waals surface area contributed by atoms with Crippen LogP contribution < -0.4 is 5.56 Å². The van der Waals surface area contributed by atoms with Gasteiger partial charge in [0.05, 0.1) is 6.10 Å². The molecule has 3 aliphatic rings. The fourth-order valence-corrected chi connectivity index (χ4v) is 5.84. The van der Waals surface area contributed by atoms with Gasteiger partial charge >= 0.3 is 0 Å². The van der Waals surface area contributed by atoms with Crippen molar-refractivity contribution in [2.45, 2.75) is 102 Å². The summed E-state index contributed by atoms with van der Waals surface area (Å²) in [5.74, 6) is 1.07. The van der Waals surface area contributed by atoms with Crippen LogP contribution in [0.3, 0.4) is 0 Å². The van der Waals surface area contributed by atoms with Gasteiger partial charge in [-0.3, -0.25) is 9.59 Å². The summed E-state index contributed by atoms with van der Waals surface area (Å²) in [6.45, 7) is 3.34. The second-order valence-electron chi connectivity index (χ2n) is 10.00. The van der Waals surface area contributed by atoms with Gasteiger partial charge in [-0.1, -0.05) is 51.0 Å². The largest absolute Gasteiger partial charge is 0.378 e. The summed E-state index contributed by atoms with van der Waals surface area (Å²) in [7, 11) is 0. The van der Waals surface area contributed by atoms with E-state index in [2.05, 4.69) is 11.0 Å². The lowest BCUT2D eigenvalue weighted by atomic mass is 9.83. The van der Waals surface area contributed by atoms with E-state index in [1.54, 1.807) is 6.07 Å². The molecule has 31 heavy (non-hydrogen) atoms. The number of hydrogen-bond acceptors (Lipinski definition) is 3. The molecule has 2 fully saturated rings. The van der Waals surface area contributed by atoms with Gasteiger partial charge in [-0.2, -0.15) is 0 Å². The molecule has 1 aromatic heterocycles. The van der Waals surface area contributed by atoms with Crippen LogP contribution >= 0.6 is 0 Å². The van der Waals surface area contributed by atoms with Crippen molar-refractivity contribution in [3.63, 3.8) is 0 Å². The molecule has 0 radical (unpaired) electrons. The molecule has 3 aliphatic heterocycles. The first-order valence-corrected chi connectivity index (χ1v) is 12.8. The summed E-state index contributed by atoms with van der Waals surface area (Å²) < 4.78 is 7.62. The molecule has 3 atom stereocenters. The maximum atomic E-state index is 12.8. The fourth-order valence-electron chi connectivity index (χ4n) is 5.84. The van der Waals surface area contributed by atoms with Crippen molar-refractivity contribution in [1.29, 1.82) is 0 Å². The molecule has 1 aromatic rings. The Morgan fingerprint density at radius 1 is 0.968 bits per heavy atom. The molecule has 0 unspecified atom stereocenters. The summed E-state index contributed by atoms with van der Waals surface area (Å²) >= 11 is 0. The van der Waals surface area contributed by atoms with E-state index in [0.29, 0.717) is 30.3 Å². The van der Waals surface area contributed by atoms with Crippen LogP contribution in [0.2, 0.25) is 0 Å². The highest BCUT2D eigenvalue weighted by molar-refractivity contribution is 5.76. The van der Waals surface area contributed by atoms with E-state index in [-0.39, 0.29) is 5.56 Å². The van der Waals surface area contributed by atoms with E-state index in [1.807, 2.05) is 10.6 Å². The van der Waals surface area contributed by atoms with Crippen LogP contribution in [0.4, 0.5) is 0 Å². The van der Waals surface area contributed by atoms with Crippen molar-refractivity contribution in [2.24, 2.45) is 5.92 Å². The van der Waals surface area contributed by atoms with Gasteiger partial charge in [0.25, 0.3) is 5.56 Å². The summed E-state index contributed by atoms with van der Waals surface area (Å²) in [6.07, 6.45) is 16.2. The zero-order valence-electron chi connectivity index (χ0n) is 19.1. The third-order valence-electron chi connectivity index (χ3n) is 7.52. The lowest BCUT2D eigenvalue weighted by Crippen LogP contribution is -2.49. The fraction of sp³-hybridized carbons (Fsp3) is 0.769. The van der Waals surface area contributed by atoms with Crippen LogP contribution in [0, 0.1) is 5.92 Å². The molecule has 172 valence electrons. The molecule has 2 saturated heterocycles. The number of piperidine rings is 1. The SMILES string of the molecule is O=C(CCCCCCCCCC[C@H]1CCCO1)N1C[C@@H]2C[C@H](C1)c1cccc(=O)n1C2. The highest BCUT2D eigenvalue weighted by Crippen LogP contribution is 2.35. The topological polar surface area (TPSA) is 51.5 Å². The minimum Gasteiger partial charge on any atom is -0.378 e. The summed E-state index contributed by atoms with van der Waals surface area (Å²) in [5.41, 5.74) is 1.23. The normalized spacial score (nSPS) is 24.9. The van der Waals surface area contributed by atoms with Crippen LogP contribution in [-0.2, 0) is 16.1 Å². The number of rotatable bonds is 11. The standard InChI is InChI=1S/C26H40N2O3/c29-25(14-8-6-4-2-1-3-5-7-11-23-12-10-16-31-23)27-18-21-17-22(20-27)24-13-9-15-26(30)28(24)19-21/h9,13,15,21-23H,1-8,10-12,14,16-20H2/t21-,22+,23-/m0/s1. The smallest absolute Gasteiger partial charge is 0.250 e. The van der Waals surface area contributed by atoms with Crippen molar-refractivity contribution in [3.05, 3.63) is 34.2 Å². The van der Waals surface area contributed by atoms with E-state index >= 15 is 0 Å². The molecule has 1 amide bonds. The highest BCUT2D eigenvalue weighted by Gasteiger charge is 2.35. The number of carbonyl (C=O) groups is 1. The first kappa shape index (κ1) is 22.6. The highest BCUT2D eigenvalue weighted by atomic mass is 16.5. The van der Waals surface area contributed by atoms with Gasteiger partial charge in [0.15, 0.2) is 0 Å². The van der Waals surface area contributed by atoms with Gasteiger partial charge in [0.1, 0.15) is 0 Å². The number of unbranched alkanes of at least 4 members (excludes halogenated alkanes) is 7. The van der Waals surface area contributed by atoms with Crippen molar-refractivity contribution in [3.8, 4) is 0 Å². The second-order valence-corrected chi connectivity index (χ2v) is 10.00. The van der Waals surface area contributed by atoms with Crippen molar-refractivity contribution in [2.75, 3.05) is 19.7 Å². The van der Waals surface area contributed by atoms with Gasteiger partial charge in [-0.05, 0) is 44.1 Å². The Balaban J connectivity index is 1.06. The zero-order chi connectivity index (χ0) is 21.5. The molecule has 4 rings (SSSR count). The average Bonchev–Trinajstić information content (AvgIpc) is 3.29. The summed E-state index contributed by atoms with van der Waals surface area (Å²) in [5, 5.41) is 0. The van der Waals surface area contributed by atoms with E-state index in [0.717, 1.165) is 44.8 Å². The van der Waals surface area contributed by atoms with Crippen molar-refractivity contribution in [1.82, 2.24) is 9.47 Å². The lowest BCUT2D eigenvalue weighted by molar-refractivity contribution is -0.134. The average molecular weight is 429 g/mol. The van der Waals surface area contributed by atoms with Crippen LogP contribution in [0.5, 0.6) is 0 Å². The molecule has 0 spiro atoms. The number of pyridine rings is 1. The third kappa shape index (κ3) is 6.21. The van der Waals surface area contributed by atoms with Gasteiger partial charge in [-0.15, -0.1) is 0 Å². The van der Waals surface area contributed by atoms with Crippen LogP contribution in [0.1, 0.15) is 95.1 Å². The maximum absolute atomic E-state index is 12.8. The number of nitrogens with zero attached hydrogens (tertiary/aromatic N) is 2. The molecule has 0 saturated carbocycles. The third-order valence-corrected chi connectivity index (χ3v) is 7.52. The zero-order valence-corrected chi connectivity index (χ0v) is 19.1. The van der Waals surface area contributed by atoms with E-state index in [9.17, 15) is 9.59 Å². The predicted molar refractivity (Wildman–Crippen MR) is 123 cm³/mol.